The summed E-state index contributed by atoms with van der Waals surface area (Å²) >= 11 is 6.04. The predicted octanol–water partition coefficient (Wildman–Crippen LogP) is 6.43. The van der Waals surface area contributed by atoms with Gasteiger partial charge >= 0.3 is 12.2 Å². The zero-order valence-corrected chi connectivity index (χ0v) is 32.1. The number of nitrogens with one attached hydrogen (secondary N) is 3. The third kappa shape index (κ3) is 9.32. The summed E-state index contributed by atoms with van der Waals surface area (Å²) in [6.07, 6.45) is -4.10. The van der Waals surface area contributed by atoms with Crippen LogP contribution in [-0.2, 0) is 31.6 Å². The molecule has 4 fully saturated rings. The van der Waals surface area contributed by atoms with Crippen molar-refractivity contribution in [3.63, 3.8) is 0 Å². The second-order valence-corrected chi connectivity index (χ2v) is 17.9. The Labute approximate surface area is 330 Å². The van der Waals surface area contributed by atoms with Crippen LogP contribution in [0.5, 0.6) is 6.01 Å². The van der Waals surface area contributed by atoms with Crippen molar-refractivity contribution >= 4 is 45.2 Å². The van der Waals surface area contributed by atoms with Crippen molar-refractivity contribution < 1.29 is 49.5 Å². The first-order valence-electron chi connectivity index (χ1n) is 18.7. The molecule has 306 valence electrons. The first kappa shape index (κ1) is 40.7. The second-order valence-electron chi connectivity index (χ2n) is 15.4. The van der Waals surface area contributed by atoms with E-state index in [0.717, 1.165) is 31.2 Å². The Hall–Kier alpha value is -4.45. The van der Waals surface area contributed by atoms with Crippen LogP contribution in [0.3, 0.4) is 0 Å². The van der Waals surface area contributed by atoms with Gasteiger partial charge in [0.1, 0.15) is 11.4 Å². The van der Waals surface area contributed by atoms with Gasteiger partial charge in [0, 0.05) is 29.8 Å². The number of carbonyl (C=O) groups is 3. The molecule has 0 aliphatic heterocycles. The van der Waals surface area contributed by atoms with Gasteiger partial charge in [0.05, 0.1) is 5.54 Å². The zero-order chi connectivity index (χ0) is 40.8. The van der Waals surface area contributed by atoms with Crippen molar-refractivity contribution in [2.45, 2.75) is 105 Å². The molecular formula is C38H40ClF5N6O6S. The Morgan fingerprint density at radius 2 is 1.58 bits per heavy atom. The Morgan fingerprint density at radius 1 is 0.912 bits per heavy atom. The Kier molecular flexibility index (Phi) is 11.0. The number of sulfonamides is 1. The number of Topliss-reactive ketones (excluding diaryl/α,β-unsaturated/α-hetero) is 1. The molecule has 12 nitrogen and oxygen atoms in total. The molecule has 0 bridgehead atoms. The summed E-state index contributed by atoms with van der Waals surface area (Å²) in [7, 11) is -4.65. The van der Waals surface area contributed by atoms with E-state index >= 15 is 0 Å². The summed E-state index contributed by atoms with van der Waals surface area (Å²) in [6, 6.07) is 13.3. The van der Waals surface area contributed by atoms with E-state index in [1.807, 2.05) is 16.9 Å². The smallest absolute Gasteiger partial charge is 0.422 e. The van der Waals surface area contributed by atoms with Crippen molar-refractivity contribution in [1.29, 1.82) is 0 Å². The van der Waals surface area contributed by atoms with Crippen LogP contribution in [0.25, 0.3) is 0 Å². The van der Waals surface area contributed by atoms with Crippen LogP contribution < -0.4 is 20.1 Å². The van der Waals surface area contributed by atoms with Crippen LogP contribution in [0, 0.1) is 11.8 Å². The first-order valence-corrected chi connectivity index (χ1v) is 20.6. The number of halogens is 6. The van der Waals surface area contributed by atoms with Crippen LogP contribution in [-0.4, -0.2) is 70.5 Å². The lowest BCUT2D eigenvalue weighted by molar-refractivity contribution is -0.154. The first-order chi connectivity index (χ1) is 26.9. The van der Waals surface area contributed by atoms with Gasteiger partial charge in [-0.05, 0) is 92.9 Å². The number of ketones is 1. The van der Waals surface area contributed by atoms with Crippen LogP contribution >= 0.6 is 11.6 Å². The number of ether oxygens (including phenoxy) is 1. The number of amides is 2. The molecule has 4 aliphatic rings. The van der Waals surface area contributed by atoms with E-state index in [9.17, 15) is 44.8 Å². The highest BCUT2D eigenvalue weighted by molar-refractivity contribution is 7.91. The molecule has 57 heavy (non-hydrogen) atoms. The van der Waals surface area contributed by atoms with E-state index in [-0.39, 0.29) is 67.9 Å². The molecule has 2 atom stereocenters. The van der Waals surface area contributed by atoms with E-state index in [2.05, 4.69) is 25.6 Å². The number of hydrogen-bond acceptors (Lipinski definition) is 10. The summed E-state index contributed by atoms with van der Waals surface area (Å²) in [5.41, 5.74) is -0.00248. The molecule has 1 heterocycles. The molecular weight excluding hydrogens is 799 g/mol. The molecule has 0 unspecified atom stereocenters. The minimum absolute atomic E-state index is 0.0371. The van der Waals surface area contributed by atoms with Crippen molar-refractivity contribution in [3.05, 3.63) is 76.1 Å². The molecule has 1 aromatic heterocycles. The van der Waals surface area contributed by atoms with Gasteiger partial charge < -0.3 is 15.4 Å². The number of nitrogens with zero attached hydrogens (tertiary/aromatic N) is 3. The van der Waals surface area contributed by atoms with Crippen molar-refractivity contribution in [2.24, 2.45) is 11.8 Å². The zero-order valence-electron chi connectivity index (χ0n) is 30.5. The fourth-order valence-corrected chi connectivity index (χ4v) is 8.84. The monoisotopic (exact) mass is 838 g/mol. The van der Waals surface area contributed by atoms with E-state index in [1.54, 1.807) is 36.4 Å². The van der Waals surface area contributed by atoms with E-state index in [0.29, 0.717) is 29.0 Å². The van der Waals surface area contributed by atoms with Gasteiger partial charge in [0.2, 0.25) is 21.9 Å². The van der Waals surface area contributed by atoms with E-state index in [1.165, 1.54) is 0 Å². The molecule has 0 spiro atoms. The van der Waals surface area contributed by atoms with Gasteiger partial charge in [-0.25, -0.2) is 17.2 Å². The van der Waals surface area contributed by atoms with Gasteiger partial charge in [-0.15, -0.1) is 0 Å². The summed E-state index contributed by atoms with van der Waals surface area (Å²) < 4.78 is 95.7. The summed E-state index contributed by atoms with van der Waals surface area (Å²) in [5, 5.41) is 6.47. The lowest BCUT2D eigenvalue weighted by Gasteiger charge is -2.22. The second kappa shape index (κ2) is 15.4. The molecule has 7 rings (SSSR count). The van der Waals surface area contributed by atoms with Crippen molar-refractivity contribution in [3.8, 4) is 6.01 Å². The normalized spacial score (nSPS) is 21.7. The Balaban J connectivity index is 0.916. The van der Waals surface area contributed by atoms with Crippen LogP contribution in [0.1, 0.15) is 97.9 Å². The number of unbranched alkanes of at least 4 members (excludes halogenated alkanes) is 1. The summed E-state index contributed by atoms with van der Waals surface area (Å²) in [5.74, 6) is -1.61. The molecule has 0 radical (unpaired) electrons. The molecule has 2 aromatic carbocycles. The molecule has 2 amide bonds. The number of benzene rings is 2. The van der Waals surface area contributed by atoms with Gasteiger partial charge in [0.15, 0.2) is 17.1 Å². The van der Waals surface area contributed by atoms with Crippen LogP contribution in [0.15, 0.2) is 48.5 Å². The number of alkyl halides is 5. The minimum atomic E-state index is -4.65. The van der Waals surface area contributed by atoms with Gasteiger partial charge in [-0.3, -0.25) is 19.1 Å². The van der Waals surface area contributed by atoms with E-state index < -0.39 is 62.9 Å². The Morgan fingerprint density at radius 3 is 2.18 bits per heavy atom. The highest BCUT2D eigenvalue weighted by Crippen LogP contribution is 2.58. The summed E-state index contributed by atoms with van der Waals surface area (Å²) in [4.78, 5) is 51.7. The molecule has 3 aromatic rings. The van der Waals surface area contributed by atoms with Crippen LogP contribution in [0.2, 0.25) is 5.02 Å². The highest BCUT2D eigenvalue weighted by atomic mass is 35.5. The minimum Gasteiger partial charge on any atom is -0.454 e. The highest BCUT2D eigenvalue weighted by Gasteiger charge is 2.68. The predicted molar refractivity (Wildman–Crippen MR) is 196 cm³/mol. The fourth-order valence-electron chi connectivity index (χ4n) is 7.22. The maximum absolute atomic E-state index is 13.5. The molecule has 4 saturated carbocycles. The number of aromatic nitrogens is 3. The largest absolute Gasteiger partial charge is 0.454 e. The third-order valence-corrected chi connectivity index (χ3v) is 13.5. The quantitative estimate of drug-likeness (QED) is 0.0695. The topological polar surface area (TPSA) is 169 Å². The fraction of sp³-hybridized carbons (Fsp3) is 0.526. The summed E-state index contributed by atoms with van der Waals surface area (Å²) in [6.45, 7) is -1.59. The van der Waals surface area contributed by atoms with Gasteiger partial charge in [-0.1, -0.05) is 48.0 Å². The lowest BCUT2D eigenvalue weighted by atomic mass is 10.0. The average molecular weight is 839 g/mol. The molecule has 4 aliphatic carbocycles. The van der Waals surface area contributed by atoms with Crippen molar-refractivity contribution in [2.75, 3.05) is 11.9 Å². The maximum Gasteiger partial charge on any atom is 0.422 e. The number of hydrogen-bond donors (Lipinski definition) is 3. The molecule has 3 N–H and O–H groups in total. The van der Waals surface area contributed by atoms with Gasteiger partial charge in [0.25, 0.3) is 12.3 Å². The maximum atomic E-state index is 13.5. The van der Waals surface area contributed by atoms with Crippen molar-refractivity contribution in [1.82, 2.24) is 25.0 Å². The van der Waals surface area contributed by atoms with Crippen LogP contribution in [0.4, 0.5) is 27.9 Å². The standard InChI is InChI=1S/C38H40ClF5N6O6S/c39-26-13-11-25(12-14-26)35(15-16-35)49-33-45-29(46-34(47-33)56-21-38(42,43)44)19-22-5-7-24(8-6-22)28(51)3-1-2-4-30(52)48-37(20-27(37)23-9-10-23)32(53)50-57(54,55)36(17-18-36)31(40)41/h5-8,11-14,23,27,31H,1-4,9-10,15-21H2,(H,48,52)(H,50,53)(H,45,46,47,49)/t27-,37+/m0/s1. The van der Waals surface area contributed by atoms with E-state index in [4.69, 9.17) is 16.3 Å². The van der Waals surface area contributed by atoms with Gasteiger partial charge in [-0.2, -0.15) is 28.1 Å². The lowest BCUT2D eigenvalue weighted by Crippen LogP contribution is -2.54. The Bertz CT molecular complexity index is 2130. The third-order valence-electron chi connectivity index (χ3n) is 11.1. The average Bonchev–Trinajstić information content (AvgIpc) is 3.96. The SMILES string of the molecule is O=C(CCCCC(=O)c1ccc(Cc2nc(NC3(c4ccc(Cl)cc4)CC3)nc(OCC(F)(F)F)n2)cc1)N[C@]1(C(=O)NS(=O)(=O)C2(C(F)F)CC2)C[C@H]1C1CC1. The molecule has 19 heteroatoms. The number of rotatable bonds is 19. The molecule has 0 saturated heterocycles. The number of carbonyl (C=O) groups excluding carboxylic acids is 3. The number of anilines is 1.